The lowest BCUT2D eigenvalue weighted by molar-refractivity contribution is 0.0930. The van der Waals surface area contributed by atoms with E-state index in [-0.39, 0.29) is 16.3 Å². The van der Waals surface area contributed by atoms with Gasteiger partial charge in [0.05, 0.1) is 10.4 Å². The number of nitrogens with one attached hydrogen (secondary N) is 1. The van der Waals surface area contributed by atoms with E-state index in [0.717, 1.165) is 37.7 Å². The number of amides is 1. The molecule has 1 heterocycles. The van der Waals surface area contributed by atoms with Gasteiger partial charge in [-0.25, -0.2) is 8.42 Å². The number of benzene rings is 2. The molecule has 4 rings (SSSR count). The highest BCUT2D eigenvalue weighted by Gasteiger charge is 2.45. The second-order valence-corrected chi connectivity index (χ2v) is 9.33. The van der Waals surface area contributed by atoms with Gasteiger partial charge in [0.25, 0.3) is 5.91 Å². The Morgan fingerprint density at radius 2 is 1.52 bits per heavy atom. The quantitative estimate of drug-likeness (QED) is 0.860. The van der Waals surface area contributed by atoms with Crippen molar-refractivity contribution in [1.29, 1.82) is 0 Å². The van der Waals surface area contributed by atoms with Crippen molar-refractivity contribution in [3.05, 3.63) is 65.7 Å². The Labute approximate surface area is 160 Å². The van der Waals surface area contributed by atoms with Crippen molar-refractivity contribution in [2.24, 2.45) is 0 Å². The van der Waals surface area contributed by atoms with E-state index < -0.39 is 10.0 Å². The minimum atomic E-state index is -3.47. The molecule has 1 saturated heterocycles. The topological polar surface area (TPSA) is 66.5 Å². The Bertz CT molecular complexity index is 914. The average Bonchev–Trinajstić information content (AvgIpc) is 3.50. The first-order valence-corrected chi connectivity index (χ1v) is 10.9. The molecule has 2 fully saturated rings. The van der Waals surface area contributed by atoms with Crippen LogP contribution in [0, 0.1) is 0 Å². The van der Waals surface area contributed by atoms with E-state index in [2.05, 4.69) is 5.32 Å². The smallest absolute Gasteiger partial charge is 0.251 e. The molecule has 5 nitrogen and oxygen atoms in total. The van der Waals surface area contributed by atoms with Crippen molar-refractivity contribution >= 4 is 15.9 Å². The molecule has 0 aromatic heterocycles. The van der Waals surface area contributed by atoms with E-state index >= 15 is 0 Å². The van der Waals surface area contributed by atoms with Crippen molar-refractivity contribution < 1.29 is 13.2 Å². The highest BCUT2D eigenvalue weighted by atomic mass is 32.2. The van der Waals surface area contributed by atoms with Crippen LogP contribution in [-0.4, -0.2) is 31.7 Å². The van der Waals surface area contributed by atoms with Crippen LogP contribution in [0.1, 0.15) is 48.0 Å². The minimum Gasteiger partial charge on any atom is -0.343 e. The highest BCUT2D eigenvalue weighted by Crippen LogP contribution is 2.45. The maximum atomic E-state index is 12.7. The molecule has 6 heteroatoms. The monoisotopic (exact) mass is 384 g/mol. The van der Waals surface area contributed by atoms with Crippen LogP contribution in [0.2, 0.25) is 0 Å². The molecular weight excluding hydrogens is 360 g/mol. The van der Waals surface area contributed by atoms with Crippen LogP contribution >= 0.6 is 0 Å². The van der Waals surface area contributed by atoms with E-state index in [9.17, 15) is 13.2 Å². The summed E-state index contributed by atoms with van der Waals surface area (Å²) in [6.07, 6.45) is 4.73. The fraction of sp³-hybridized carbons (Fsp3) is 0.381. The molecule has 1 saturated carbocycles. The molecule has 0 bridgehead atoms. The van der Waals surface area contributed by atoms with Gasteiger partial charge in [0, 0.05) is 18.7 Å². The highest BCUT2D eigenvalue weighted by molar-refractivity contribution is 7.89. The van der Waals surface area contributed by atoms with E-state index in [0.29, 0.717) is 18.7 Å². The molecule has 1 amide bonds. The summed E-state index contributed by atoms with van der Waals surface area (Å²) >= 11 is 0. The van der Waals surface area contributed by atoms with Crippen molar-refractivity contribution in [1.82, 2.24) is 9.62 Å². The second-order valence-electron chi connectivity index (χ2n) is 7.39. The lowest BCUT2D eigenvalue weighted by Crippen LogP contribution is -2.36. The van der Waals surface area contributed by atoms with Crippen LogP contribution in [0.3, 0.4) is 0 Å². The molecule has 2 aromatic rings. The van der Waals surface area contributed by atoms with Crippen molar-refractivity contribution in [3.63, 3.8) is 0 Å². The summed E-state index contributed by atoms with van der Waals surface area (Å²) in [6, 6.07) is 16.3. The lowest BCUT2D eigenvalue weighted by atomic mass is 10.0. The van der Waals surface area contributed by atoms with Gasteiger partial charge in [0.1, 0.15) is 0 Å². The first-order valence-electron chi connectivity index (χ1n) is 9.50. The summed E-state index contributed by atoms with van der Waals surface area (Å²) in [5, 5.41) is 3.12. The Morgan fingerprint density at radius 3 is 2.11 bits per heavy atom. The molecule has 142 valence electrons. The molecule has 27 heavy (non-hydrogen) atoms. The van der Waals surface area contributed by atoms with E-state index in [4.69, 9.17) is 0 Å². The Morgan fingerprint density at radius 1 is 0.889 bits per heavy atom. The first kappa shape index (κ1) is 18.2. The fourth-order valence-corrected chi connectivity index (χ4v) is 5.21. The normalized spacial score (nSPS) is 19.4. The van der Waals surface area contributed by atoms with Crippen molar-refractivity contribution in [3.8, 4) is 0 Å². The summed E-state index contributed by atoms with van der Waals surface area (Å²) < 4.78 is 27.0. The number of piperidine rings is 1. The molecule has 0 atom stereocenters. The molecular formula is C21H24N2O3S. The molecule has 0 radical (unpaired) electrons. The predicted octanol–water partition coefficient (Wildman–Crippen LogP) is 3.28. The minimum absolute atomic E-state index is 0.168. The predicted molar refractivity (Wildman–Crippen MR) is 104 cm³/mol. The number of nitrogens with zero attached hydrogens (tertiary/aromatic N) is 1. The van der Waals surface area contributed by atoms with Crippen LogP contribution in [0.4, 0.5) is 0 Å². The molecule has 2 aromatic carbocycles. The summed E-state index contributed by atoms with van der Waals surface area (Å²) in [4.78, 5) is 12.9. The largest absolute Gasteiger partial charge is 0.343 e. The van der Waals surface area contributed by atoms with Gasteiger partial charge in [0.2, 0.25) is 10.0 Å². The van der Waals surface area contributed by atoms with Gasteiger partial charge in [-0.3, -0.25) is 4.79 Å². The van der Waals surface area contributed by atoms with Gasteiger partial charge in [-0.05, 0) is 55.5 Å². The van der Waals surface area contributed by atoms with Gasteiger partial charge >= 0.3 is 0 Å². The zero-order valence-corrected chi connectivity index (χ0v) is 16.0. The number of hydrogen-bond donors (Lipinski definition) is 1. The maximum absolute atomic E-state index is 12.7. The third kappa shape index (κ3) is 3.64. The first-order chi connectivity index (χ1) is 13.0. The van der Waals surface area contributed by atoms with Gasteiger partial charge in [-0.15, -0.1) is 0 Å². The Kier molecular flexibility index (Phi) is 4.78. The van der Waals surface area contributed by atoms with E-state index in [1.807, 2.05) is 30.3 Å². The summed E-state index contributed by atoms with van der Waals surface area (Å²) in [6.45, 7) is 1.15. The van der Waals surface area contributed by atoms with E-state index in [1.54, 1.807) is 28.6 Å². The van der Waals surface area contributed by atoms with E-state index in [1.165, 1.54) is 0 Å². The number of carbonyl (C=O) groups excluding carboxylic acids is 1. The number of hydrogen-bond acceptors (Lipinski definition) is 3. The lowest BCUT2D eigenvalue weighted by Gasteiger charge is -2.25. The van der Waals surface area contributed by atoms with Crippen LogP contribution in [0.25, 0.3) is 0 Å². The number of carbonyl (C=O) groups is 1. The molecule has 1 aliphatic carbocycles. The van der Waals surface area contributed by atoms with Crippen LogP contribution in [-0.2, 0) is 15.6 Å². The van der Waals surface area contributed by atoms with Gasteiger partial charge in [-0.1, -0.05) is 36.8 Å². The SMILES string of the molecule is O=C(NC1(c2ccccc2)CC1)c1ccc(S(=O)(=O)N2CCCCC2)cc1. The number of sulfonamides is 1. The summed E-state index contributed by atoms with van der Waals surface area (Å²) in [7, 11) is -3.47. The van der Waals surface area contributed by atoms with Crippen molar-refractivity contribution in [2.45, 2.75) is 42.5 Å². The maximum Gasteiger partial charge on any atom is 0.251 e. The van der Waals surface area contributed by atoms with Gasteiger partial charge < -0.3 is 5.32 Å². The molecule has 0 unspecified atom stereocenters. The zero-order chi connectivity index (χ0) is 18.9. The third-order valence-electron chi connectivity index (χ3n) is 5.50. The third-order valence-corrected chi connectivity index (χ3v) is 7.41. The second kappa shape index (κ2) is 7.09. The summed E-state index contributed by atoms with van der Waals surface area (Å²) in [5.74, 6) is -0.168. The van der Waals surface area contributed by atoms with Crippen LogP contribution in [0.15, 0.2) is 59.5 Å². The van der Waals surface area contributed by atoms with Crippen LogP contribution < -0.4 is 5.32 Å². The molecule has 1 N–H and O–H groups in total. The zero-order valence-electron chi connectivity index (χ0n) is 15.2. The number of rotatable bonds is 5. The Hall–Kier alpha value is -2.18. The van der Waals surface area contributed by atoms with Gasteiger partial charge in [-0.2, -0.15) is 4.31 Å². The van der Waals surface area contributed by atoms with Crippen molar-refractivity contribution in [2.75, 3.05) is 13.1 Å². The molecule has 0 spiro atoms. The average molecular weight is 385 g/mol. The summed E-state index contributed by atoms with van der Waals surface area (Å²) in [5.41, 5.74) is 1.31. The van der Waals surface area contributed by atoms with Gasteiger partial charge in [0.15, 0.2) is 0 Å². The van der Waals surface area contributed by atoms with Crippen LogP contribution in [0.5, 0.6) is 0 Å². The molecule has 2 aliphatic rings. The Balaban J connectivity index is 1.48. The molecule has 1 aliphatic heterocycles. The fourth-order valence-electron chi connectivity index (χ4n) is 3.69. The standard InChI is InChI=1S/C21H24N2O3S/c24-20(22-21(13-14-21)18-7-3-1-4-8-18)17-9-11-19(12-10-17)27(25,26)23-15-5-2-6-16-23/h1,3-4,7-12H,2,5-6,13-16H2,(H,22,24).